The topological polar surface area (TPSA) is 186 Å². The standard InChI is InChI=1S/C23H17BrN4O8/c1-35-22(31)17-16(11-6-4-3-5-7-11)13(10-25)20(26)27(19(17)23(32)36-2)18-14(24)8-12(21(29)30)9-15(18)28(33)34/h3-9,16H,26H2,1-2H3,(H,29,30). The normalized spacial score (nSPS) is 15.3. The van der Waals surface area contributed by atoms with Crippen molar-refractivity contribution in [1.29, 1.82) is 5.26 Å². The highest BCUT2D eigenvalue weighted by Gasteiger charge is 2.45. The maximum absolute atomic E-state index is 13.1. The number of nitrogens with zero attached hydrogens (tertiary/aromatic N) is 3. The first-order valence-electron chi connectivity index (χ1n) is 9.95. The highest BCUT2D eigenvalue weighted by molar-refractivity contribution is 9.10. The molecule has 0 aliphatic carbocycles. The van der Waals surface area contributed by atoms with Crippen LogP contribution in [0.2, 0.25) is 0 Å². The summed E-state index contributed by atoms with van der Waals surface area (Å²) < 4.78 is 9.64. The van der Waals surface area contributed by atoms with Crippen molar-refractivity contribution in [3.05, 3.63) is 90.8 Å². The molecular weight excluding hydrogens is 540 g/mol. The van der Waals surface area contributed by atoms with Gasteiger partial charge in [0.15, 0.2) is 0 Å². The number of hydrogen-bond donors (Lipinski definition) is 2. The molecule has 12 nitrogen and oxygen atoms in total. The van der Waals surface area contributed by atoms with Gasteiger partial charge in [0.2, 0.25) is 0 Å². The molecule has 0 bridgehead atoms. The van der Waals surface area contributed by atoms with Crippen LogP contribution in [0.5, 0.6) is 0 Å². The van der Waals surface area contributed by atoms with Crippen LogP contribution in [0.25, 0.3) is 0 Å². The number of nitro benzene ring substituents is 1. The van der Waals surface area contributed by atoms with Crippen LogP contribution < -0.4 is 10.6 Å². The molecule has 184 valence electrons. The number of rotatable bonds is 6. The summed E-state index contributed by atoms with van der Waals surface area (Å²) >= 11 is 3.11. The fraction of sp³-hybridized carbons (Fsp3) is 0.130. The number of carboxylic acid groups (broad SMARTS) is 1. The van der Waals surface area contributed by atoms with Crippen LogP contribution in [-0.4, -0.2) is 42.2 Å². The molecule has 36 heavy (non-hydrogen) atoms. The first kappa shape index (κ1) is 25.9. The molecule has 0 radical (unpaired) electrons. The third-order valence-electron chi connectivity index (χ3n) is 5.32. The van der Waals surface area contributed by atoms with Crippen LogP contribution in [0.4, 0.5) is 11.4 Å². The number of carbonyl (C=O) groups excluding carboxylic acids is 2. The lowest BCUT2D eigenvalue weighted by atomic mass is 9.81. The van der Waals surface area contributed by atoms with Crippen LogP contribution in [0.15, 0.2) is 69.6 Å². The molecule has 3 N–H and O–H groups in total. The number of methoxy groups -OCH3 is 2. The summed E-state index contributed by atoms with van der Waals surface area (Å²) in [5.74, 6) is -5.17. The Morgan fingerprint density at radius 2 is 1.78 bits per heavy atom. The van der Waals surface area contributed by atoms with E-state index in [1.165, 1.54) is 0 Å². The molecule has 0 saturated carbocycles. The molecule has 0 spiro atoms. The van der Waals surface area contributed by atoms with E-state index in [4.69, 9.17) is 15.2 Å². The average Bonchev–Trinajstić information content (AvgIpc) is 2.87. The first-order chi connectivity index (χ1) is 17.1. The molecule has 0 saturated heterocycles. The van der Waals surface area contributed by atoms with Crippen molar-refractivity contribution >= 4 is 45.2 Å². The number of nitriles is 1. The minimum Gasteiger partial charge on any atom is -0.478 e. The van der Waals surface area contributed by atoms with E-state index >= 15 is 0 Å². The number of esters is 2. The SMILES string of the molecule is COC(=O)C1=C(C(=O)OC)N(c2c(Br)cc(C(=O)O)cc2[N+](=O)[O-])C(N)=C(C#N)C1c1ccccc1. The fourth-order valence-electron chi connectivity index (χ4n) is 3.81. The predicted molar refractivity (Wildman–Crippen MR) is 127 cm³/mol. The number of carbonyl (C=O) groups is 3. The molecule has 0 aromatic heterocycles. The van der Waals surface area contributed by atoms with Crippen LogP contribution in [0.3, 0.4) is 0 Å². The Morgan fingerprint density at radius 3 is 2.28 bits per heavy atom. The molecule has 3 rings (SSSR count). The number of carboxylic acids is 1. The van der Waals surface area contributed by atoms with Gasteiger partial charge in [0.05, 0.1) is 47.8 Å². The smallest absolute Gasteiger partial charge is 0.355 e. The third-order valence-corrected chi connectivity index (χ3v) is 5.93. The summed E-state index contributed by atoms with van der Waals surface area (Å²) in [5, 5.41) is 31.4. The summed E-state index contributed by atoms with van der Waals surface area (Å²) in [4.78, 5) is 49.6. The van der Waals surface area contributed by atoms with E-state index in [1.54, 1.807) is 30.3 Å². The second-order valence-electron chi connectivity index (χ2n) is 7.22. The summed E-state index contributed by atoms with van der Waals surface area (Å²) in [6, 6.07) is 11.9. The van der Waals surface area contributed by atoms with E-state index in [2.05, 4.69) is 15.9 Å². The zero-order chi connectivity index (χ0) is 26.7. The Hall–Kier alpha value is -4.70. The van der Waals surface area contributed by atoms with E-state index < -0.39 is 57.2 Å². The van der Waals surface area contributed by atoms with Crippen LogP contribution in [0.1, 0.15) is 21.8 Å². The lowest BCUT2D eigenvalue weighted by Crippen LogP contribution is -2.41. The molecule has 0 fully saturated rings. The summed E-state index contributed by atoms with van der Waals surface area (Å²) in [7, 11) is 2.08. The molecule has 2 aromatic carbocycles. The van der Waals surface area contributed by atoms with Crippen molar-refractivity contribution in [2.45, 2.75) is 5.92 Å². The molecule has 1 aliphatic rings. The van der Waals surface area contributed by atoms with E-state index in [0.717, 1.165) is 31.3 Å². The molecule has 13 heteroatoms. The van der Waals surface area contributed by atoms with E-state index in [9.17, 15) is 34.9 Å². The van der Waals surface area contributed by atoms with Crippen molar-refractivity contribution in [3.63, 3.8) is 0 Å². The Balaban J connectivity index is 2.53. The maximum Gasteiger partial charge on any atom is 0.355 e. The monoisotopic (exact) mass is 556 g/mol. The minimum atomic E-state index is -1.45. The molecular formula is C23H17BrN4O8. The quantitative estimate of drug-likeness (QED) is 0.302. The largest absolute Gasteiger partial charge is 0.478 e. The number of halogens is 1. The lowest BCUT2D eigenvalue weighted by Gasteiger charge is -2.36. The summed E-state index contributed by atoms with van der Waals surface area (Å²) in [6.45, 7) is 0. The van der Waals surface area contributed by atoms with E-state index in [-0.39, 0.29) is 15.6 Å². The first-order valence-corrected chi connectivity index (χ1v) is 10.7. The second-order valence-corrected chi connectivity index (χ2v) is 8.08. The van der Waals surface area contributed by atoms with Crippen molar-refractivity contribution in [1.82, 2.24) is 0 Å². The fourth-order valence-corrected chi connectivity index (χ4v) is 4.44. The average molecular weight is 557 g/mol. The number of nitrogens with two attached hydrogens (primary N) is 1. The molecule has 1 aliphatic heterocycles. The number of aromatic carboxylic acids is 1. The molecule has 1 heterocycles. The van der Waals surface area contributed by atoms with Crippen molar-refractivity contribution in [2.24, 2.45) is 5.73 Å². The van der Waals surface area contributed by atoms with Gasteiger partial charge in [-0.2, -0.15) is 5.26 Å². The van der Waals surface area contributed by atoms with E-state index in [0.29, 0.717) is 5.56 Å². The molecule has 0 amide bonds. The van der Waals surface area contributed by atoms with Crippen LogP contribution >= 0.6 is 15.9 Å². The maximum atomic E-state index is 13.1. The van der Waals surface area contributed by atoms with Crippen molar-refractivity contribution in [3.8, 4) is 6.07 Å². The highest BCUT2D eigenvalue weighted by Crippen LogP contribution is 2.47. The van der Waals surface area contributed by atoms with Crippen LogP contribution in [-0.2, 0) is 19.1 Å². The Labute approximate surface area is 212 Å². The predicted octanol–water partition coefficient (Wildman–Crippen LogP) is 2.95. The van der Waals surface area contributed by atoms with Gasteiger partial charge in [0.25, 0.3) is 5.69 Å². The van der Waals surface area contributed by atoms with Gasteiger partial charge in [-0.05, 0) is 27.6 Å². The molecule has 1 unspecified atom stereocenters. The van der Waals surface area contributed by atoms with Gasteiger partial charge in [-0.3, -0.25) is 15.0 Å². The number of allylic oxidation sites excluding steroid dienone is 1. The summed E-state index contributed by atoms with van der Waals surface area (Å²) in [5.41, 5.74) is 4.04. The summed E-state index contributed by atoms with van der Waals surface area (Å²) in [6.07, 6.45) is 0. The number of nitro groups is 1. The van der Waals surface area contributed by atoms with Gasteiger partial charge in [0, 0.05) is 10.5 Å². The number of ether oxygens (including phenoxy) is 2. The number of hydrogen-bond acceptors (Lipinski definition) is 10. The highest BCUT2D eigenvalue weighted by atomic mass is 79.9. The van der Waals surface area contributed by atoms with Gasteiger partial charge < -0.3 is 20.3 Å². The molecule has 2 aromatic rings. The zero-order valence-corrected chi connectivity index (χ0v) is 20.3. The van der Waals surface area contributed by atoms with Gasteiger partial charge in [-0.1, -0.05) is 30.3 Å². The Morgan fingerprint density at radius 1 is 1.17 bits per heavy atom. The molecule has 1 atom stereocenters. The lowest BCUT2D eigenvalue weighted by molar-refractivity contribution is -0.384. The van der Waals surface area contributed by atoms with E-state index in [1.807, 2.05) is 6.07 Å². The van der Waals surface area contributed by atoms with Crippen molar-refractivity contribution < 1.29 is 33.9 Å². The second kappa shape index (κ2) is 10.3. The van der Waals surface area contributed by atoms with Gasteiger partial charge in [-0.25, -0.2) is 14.4 Å². The Kier molecular flexibility index (Phi) is 7.40. The number of benzene rings is 2. The van der Waals surface area contributed by atoms with Crippen molar-refractivity contribution in [2.75, 3.05) is 19.1 Å². The van der Waals surface area contributed by atoms with Gasteiger partial charge >= 0.3 is 17.9 Å². The van der Waals surface area contributed by atoms with Gasteiger partial charge in [0.1, 0.15) is 17.2 Å². The third kappa shape index (κ3) is 4.37. The van der Waals surface area contributed by atoms with Crippen LogP contribution in [0, 0.1) is 21.4 Å². The van der Waals surface area contributed by atoms with Gasteiger partial charge in [-0.15, -0.1) is 0 Å². The Bertz CT molecular complexity index is 1390. The zero-order valence-electron chi connectivity index (χ0n) is 18.7. The number of anilines is 1. The minimum absolute atomic E-state index is 0.155.